The molecular weight excluding hydrogens is 236 g/mol. The van der Waals surface area contributed by atoms with E-state index in [-0.39, 0.29) is 0 Å². The standard InChI is InChI=1S/C16H26N2O/c1-11(2)15-7-13(12(3)6-16(15)19-5)8-17-14-9-18(4)10-14/h6-7,11,14,17H,8-10H2,1-5H3. The average molecular weight is 262 g/mol. The van der Waals surface area contributed by atoms with Crippen LogP contribution in [-0.2, 0) is 6.54 Å². The van der Waals surface area contributed by atoms with E-state index in [0.29, 0.717) is 12.0 Å². The van der Waals surface area contributed by atoms with Crippen LogP contribution in [0.2, 0.25) is 0 Å². The first-order chi connectivity index (χ1) is 9.01. The van der Waals surface area contributed by atoms with Crippen LogP contribution >= 0.6 is 0 Å². The third-order valence-electron chi connectivity index (χ3n) is 3.96. The second-order valence-corrected chi connectivity index (χ2v) is 5.97. The Morgan fingerprint density at radius 1 is 1.37 bits per heavy atom. The summed E-state index contributed by atoms with van der Waals surface area (Å²) in [4.78, 5) is 2.33. The highest BCUT2D eigenvalue weighted by Crippen LogP contribution is 2.29. The van der Waals surface area contributed by atoms with Crippen LogP contribution in [-0.4, -0.2) is 38.2 Å². The fraction of sp³-hybridized carbons (Fsp3) is 0.625. The number of likely N-dealkylation sites (tertiary alicyclic amines) is 1. The highest BCUT2D eigenvalue weighted by Gasteiger charge is 2.22. The van der Waals surface area contributed by atoms with E-state index in [0.717, 1.165) is 25.4 Å². The van der Waals surface area contributed by atoms with Crippen molar-refractivity contribution in [1.82, 2.24) is 10.2 Å². The number of benzene rings is 1. The van der Waals surface area contributed by atoms with Crippen LogP contribution in [0.3, 0.4) is 0 Å². The van der Waals surface area contributed by atoms with Crippen molar-refractivity contribution in [3.8, 4) is 5.75 Å². The molecule has 106 valence electrons. The summed E-state index contributed by atoms with van der Waals surface area (Å²) in [6, 6.07) is 5.11. The molecule has 2 rings (SSSR count). The zero-order valence-corrected chi connectivity index (χ0v) is 12.8. The van der Waals surface area contributed by atoms with Gasteiger partial charge in [0.25, 0.3) is 0 Å². The summed E-state index contributed by atoms with van der Waals surface area (Å²) in [5.74, 6) is 1.50. The Kier molecular flexibility index (Phi) is 4.48. The Bertz CT molecular complexity index is 437. The molecule has 0 spiro atoms. The molecule has 0 aromatic heterocycles. The number of methoxy groups -OCH3 is 1. The summed E-state index contributed by atoms with van der Waals surface area (Å²) < 4.78 is 5.49. The number of hydrogen-bond donors (Lipinski definition) is 1. The van der Waals surface area contributed by atoms with E-state index in [9.17, 15) is 0 Å². The molecule has 0 atom stereocenters. The number of ether oxygens (including phenoxy) is 1. The Morgan fingerprint density at radius 3 is 2.58 bits per heavy atom. The van der Waals surface area contributed by atoms with E-state index in [1.54, 1.807) is 7.11 Å². The number of likely N-dealkylation sites (N-methyl/N-ethyl adjacent to an activating group) is 1. The molecule has 1 N–H and O–H groups in total. The summed E-state index contributed by atoms with van der Waals surface area (Å²) in [6.45, 7) is 9.86. The first kappa shape index (κ1) is 14.4. The van der Waals surface area contributed by atoms with Crippen LogP contribution < -0.4 is 10.1 Å². The van der Waals surface area contributed by atoms with E-state index in [4.69, 9.17) is 4.74 Å². The SMILES string of the molecule is COc1cc(C)c(CNC2CN(C)C2)cc1C(C)C. The lowest BCUT2D eigenvalue weighted by Gasteiger charge is -2.37. The predicted octanol–water partition coefficient (Wildman–Crippen LogP) is 2.53. The molecule has 0 aliphatic carbocycles. The summed E-state index contributed by atoms with van der Waals surface area (Å²) in [7, 11) is 3.91. The predicted molar refractivity (Wildman–Crippen MR) is 79.9 cm³/mol. The van der Waals surface area contributed by atoms with Gasteiger partial charge >= 0.3 is 0 Å². The maximum absolute atomic E-state index is 5.49. The van der Waals surface area contributed by atoms with Crippen molar-refractivity contribution >= 4 is 0 Å². The molecule has 1 aliphatic heterocycles. The third kappa shape index (κ3) is 3.28. The highest BCUT2D eigenvalue weighted by atomic mass is 16.5. The van der Waals surface area contributed by atoms with Crippen LogP contribution in [0.25, 0.3) is 0 Å². The van der Waals surface area contributed by atoms with E-state index >= 15 is 0 Å². The molecule has 0 amide bonds. The Morgan fingerprint density at radius 2 is 2.05 bits per heavy atom. The van der Waals surface area contributed by atoms with Crippen molar-refractivity contribution in [1.29, 1.82) is 0 Å². The first-order valence-electron chi connectivity index (χ1n) is 7.10. The normalized spacial score (nSPS) is 16.7. The summed E-state index contributed by atoms with van der Waals surface area (Å²) in [5, 5.41) is 3.63. The van der Waals surface area contributed by atoms with Crippen LogP contribution in [0.5, 0.6) is 5.75 Å². The van der Waals surface area contributed by atoms with Gasteiger partial charge < -0.3 is 15.0 Å². The van der Waals surface area contributed by atoms with Crippen LogP contribution in [0.15, 0.2) is 12.1 Å². The van der Waals surface area contributed by atoms with Gasteiger partial charge in [-0.25, -0.2) is 0 Å². The van der Waals surface area contributed by atoms with E-state index in [2.05, 4.69) is 50.2 Å². The summed E-state index contributed by atoms with van der Waals surface area (Å²) in [5.41, 5.74) is 4.00. The molecule has 0 unspecified atom stereocenters. The second-order valence-electron chi connectivity index (χ2n) is 5.97. The van der Waals surface area contributed by atoms with Crippen molar-refractivity contribution in [3.63, 3.8) is 0 Å². The number of nitrogens with one attached hydrogen (secondary N) is 1. The molecule has 0 radical (unpaired) electrons. The van der Waals surface area contributed by atoms with Gasteiger partial charge in [0.15, 0.2) is 0 Å². The largest absolute Gasteiger partial charge is 0.496 e. The molecule has 1 aliphatic rings. The molecule has 19 heavy (non-hydrogen) atoms. The Labute approximate surface area is 116 Å². The fourth-order valence-electron chi connectivity index (χ4n) is 2.65. The average Bonchev–Trinajstić information content (AvgIpc) is 2.33. The lowest BCUT2D eigenvalue weighted by Crippen LogP contribution is -2.55. The van der Waals surface area contributed by atoms with Crippen LogP contribution in [0.1, 0.15) is 36.5 Å². The lowest BCUT2D eigenvalue weighted by atomic mass is 9.96. The van der Waals surface area contributed by atoms with Gasteiger partial charge in [0, 0.05) is 25.7 Å². The van der Waals surface area contributed by atoms with Crippen LogP contribution in [0, 0.1) is 6.92 Å². The molecule has 3 heteroatoms. The molecule has 1 saturated heterocycles. The molecule has 0 saturated carbocycles. The highest BCUT2D eigenvalue weighted by molar-refractivity contribution is 5.43. The van der Waals surface area contributed by atoms with E-state index in [1.165, 1.54) is 16.7 Å². The topological polar surface area (TPSA) is 24.5 Å². The molecule has 3 nitrogen and oxygen atoms in total. The zero-order chi connectivity index (χ0) is 14.0. The fourth-order valence-corrected chi connectivity index (χ4v) is 2.65. The van der Waals surface area contributed by atoms with Gasteiger partial charge in [0.2, 0.25) is 0 Å². The summed E-state index contributed by atoms with van der Waals surface area (Å²) >= 11 is 0. The number of hydrogen-bond acceptors (Lipinski definition) is 3. The van der Waals surface area contributed by atoms with Gasteiger partial charge in [-0.3, -0.25) is 0 Å². The van der Waals surface area contributed by atoms with Gasteiger partial charge in [-0.05, 0) is 42.6 Å². The van der Waals surface area contributed by atoms with Crippen molar-refractivity contribution in [2.45, 2.75) is 39.3 Å². The minimum Gasteiger partial charge on any atom is -0.496 e. The molecular formula is C16H26N2O. The van der Waals surface area contributed by atoms with Crippen molar-refractivity contribution in [2.24, 2.45) is 0 Å². The summed E-state index contributed by atoms with van der Waals surface area (Å²) in [6.07, 6.45) is 0. The van der Waals surface area contributed by atoms with Crippen molar-refractivity contribution in [3.05, 3.63) is 28.8 Å². The van der Waals surface area contributed by atoms with Gasteiger partial charge in [0.05, 0.1) is 7.11 Å². The number of aryl methyl sites for hydroxylation is 1. The molecule has 1 heterocycles. The molecule has 1 fully saturated rings. The smallest absolute Gasteiger partial charge is 0.122 e. The molecule has 1 aromatic carbocycles. The molecule has 0 bridgehead atoms. The third-order valence-corrected chi connectivity index (χ3v) is 3.96. The maximum atomic E-state index is 5.49. The van der Waals surface area contributed by atoms with Crippen molar-refractivity contribution in [2.75, 3.05) is 27.2 Å². The van der Waals surface area contributed by atoms with Gasteiger partial charge in [0.1, 0.15) is 5.75 Å². The minimum absolute atomic E-state index is 0.490. The van der Waals surface area contributed by atoms with Gasteiger partial charge in [-0.15, -0.1) is 0 Å². The maximum Gasteiger partial charge on any atom is 0.122 e. The number of rotatable bonds is 5. The minimum atomic E-state index is 0.490. The van der Waals surface area contributed by atoms with Crippen molar-refractivity contribution < 1.29 is 4.74 Å². The van der Waals surface area contributed by atoms with Crippen LogP contribution in [0.4, 0.5) is 0 Å². The Balaban J connectivity index is 2.09. The van der Waals surface area contributed by atoms with E-state index in [1.807, 2.05) is 0 Å². The van der Waals surface area contributed by atoms with Gasteiger partial charge in [-0.2, -0.15) is 0 Å². The Hall–Kier alpha value is -1.06. The molecule has 1 aromatic rings. The zero-order valence-electron chi connectivity index (χ0n) is 12.8. The van der Waals surface area contributed by atoms with Gasteiger partial charge in [-0.1, -0.05) is 19.9 Å². The monoisotopic (exact) mass is 262 g/mol. The first-order valence-corrected chi connectivity index (χ1v) is 7.10. The van der Waals surface area contributed by atoms with E-state index < -0.39 is 0 Å². The number of nitrogens with zero attached hydrogens (tertiary/aromatic N) is 1. The second kappa shape index (κ2) is 5.93. The quantitative estimate of drug-likeness (QED) is 0.882. The lowest BCUT2D eigenvalue weighted by molar-refractivity contribution is 0.161.